The number of anilines is 1. The van der Waals surface area contributed by atoms with Crippen molar-refractivity contribution in [1.29, 1.82) is 0 Å². The SMILES string of the molecule is COc1ccc(CNC(=O)CCNc2ccc(Br)cc2)cc1. The first kappa shape index (κ1) is 16.4. The third-order valence-corrected chi connectivity index (χ3v) is 3.70. The number of rotatable bonds is 7. The Kier molecular flexibility index (Phi) is 6.27. The number of amides is 1. The number of carbonyl (C=O) groups excluding carboxylic acids is 1. The Bertz CT molecular complexity index is 597. The average Bonchev–Trinajstić information content (AvgIpc) is 2.55. The van der Waals surface area contributed by atoms with Crippen molar-refractivity contribution in [2.75, 3.05) is 19.0 Å². The van der Waals surface area contributed by atoms with E-state index in [1.807, 2.05) is 48.5 Å². The van der Waals surface area contributed by atoms with Crippen LogP contribution in [0.2, 0.25) is 0 Å². The van der Waals surface area contributed by atoms with Crippen LogP contribution in [0.1, 0.15) is 12.0 Å². The van der Waals surface area contributed by atoms with Gasteiger partial charge in [-0.15, -0.1) is 0 Å². The van der Waals surface area contributed by atoms with E-state index in [4.69, 9.17) is 4.74 Å². The molecule has 0 saturated carbocycles. The van der Waals surface area contributed by atoms with Crippen LogP contribution in [0.15, 0.2) is 53.0 Å². The normalized spacial score (nSPS) is 10.1. The number of hydrogen-bond acceptors (Lipinski definition) is 3. The Morgan fingerprint density at radius 1 is 1.09 bits per heavy atom. The lowest BCUT2D eigenvalue weighted by Gasteiger charge is -2.08. The minimum absolute atomic E-state index is 0.0282. The molecule has 0 radical (unpaired) electrons. The van der Waals surface area contributed by atoms with Crippen molar-refractivity contribution in [3.8, 4) is 5.75 Å². The van der Waals surface area contributed by atoms with Gasteiger partial charge in [0, 0.05) is 29.7 Å². The van der Waals surface area contributed by atoms with Crippen molar-refractivity contribution in [1.82, 2.24) is 5.32 Å². The summed E-state index contributed by atoms with van der Waals surface area (Å²) in [7, 11) is 1.63. The zero-order valence-corrected chi connectivity index (χ0v) is 14.0. The van der Waals surface area contributed by atoms with Gasteiger partial charge in [0.05, 0.1) is 7.11 Å². The maximum Gasteiger partial charge on any atom is 0.222 e. The van der Waals surface area contributed by atoms with Crippen LogP contribution >= 0.6 is 15.9 Å². The molecule has 2 N–H and O–H groups in total. The Morgan fingerprint density at radius 2 is 1.77 bits per heavy atom. The highest BCUT2D eigenvalue weighted by atomic mass is 79.9. The molecule has 0 aromatic heterocycles. The molecule has 1 amide bonds. The molecule has 0 fully saturated rings. The second-order valence-corrected chi connectivity index (χ2v) is 5.72. The monoisotopic (exact) mass is 362 g/mol. The van der Waals surface area contributed by atoms with Gasteiger partial charge in [0.25, 0.3) is 0 Å². The number of methoxy groups -OCH3 is 1. The fraction of sp³-hybridized carbons (Fsp3) is 0.235. The van der Waals surface area contributed by atoms with Crippen LogP contribution in [-0.2, 0) is 11.3 Å². The zero-order chi connectivity index (χ0) is 15.8. The summed E-state index contributed by atoms with van der Waals surface area (Å²) in [5.74, 6) is 0.842. The molecule has 5 heteroatoms. The molecule has 0 saturated heterocycles. The molecule has 0 spiro atoms. The van der Waals surface area contributed by atoms with E-state index < -0.39 is 0 Å². The number of carbonyl (C=O) groups is 1. The molecule has 0 aliphatic carbocycles. The fourth-order valence-corrected chi connectivity index (χ4v) is 2.18. The summed E-state index contributed by atoms with van der Waals surface area (Å²) in [5.41, 5.74) is 2.06. The lowest BCUT2D eigenvalue weighted by molar-refractivity contribution is -0.121. The topological polar surface area (TPSA) is 50.4 Å². The molecular formula is C17H19BrN2O2. The van der Waals surface area contributed by atoms with Crippen molar-refractivity contribution < 1.29 is 9.53 Å². The highest BCUT2D eigenvalue weighted by Gasteiger charge is 2.02. The molecule has 22 heavy (non-hydrogen) atoms. The summed E-state index contributed by atoms with van der Waals surface area (Å²) in [6, 6.07) is 15.5. The van der Waals surface area contributed by atoms with Crippen LogP contribution in [-0.4, -0.2) is 19.6 Å². The average molecular weight is 363 g/mol. The second-order valence-electron chi connectivity index (χ2n) is 4.81. The number of hydrogen-bond donors (Lipinski definition) is 2. The maximum absolute atomic E-state index is 11.8. The Morgan fingerprint density at radius 3 is 2.41 bits per heavy atom. The molecule has 0 bridgehead atoms. The summed E-state index contributed by atoms with van der Waals surface area (Å²) in [6.45, 7) is 1.14. The van der Waals surface area contributed by atoms with E-state index in [1.165, 1.54) is 0 Å². The van der Waals surface area contributed by atoms with E-state index in [-0.39, 0.29) is 5.91 Å². The summed E-state index contributed by atoms with van der Waals surface area (Å²) < 4.78 is 6.14. The zero-order valence-electron chi connectivity index (χ0n) is 12.4. The Labute approximate surface area is 139 Å². The van der Waals surface area contributed by atoms with Crippen molar-refractivity contribution >= 4 is 27.5 Å². The quantitative estimate of drug-likeness (QED) is 0.791. The van der Waals surface area contributed by atoms with E-state index in [9.17, 15) is 4.79 Å². The van der Waals surface area contributed by atoms with E-state index in [1.54, 1.807) is 7.11 Å². The van der Waals surface area contributed by atoms with E-state index in [2.05, 4.69) is 26.6 Å². The van der Waals surface area contributed by atoms with Crippen LogP contribution < -0.4 is 15.4 Å². The first-order valence-corrected chi connectivity index (χ1v) is 7.86. The fourth-order valence-electron chi connectivity index (χ4n) is 1.92. The van der Waals surface area contributed by atoms with Gasteiger partial charge in [-0.1, -0.05) is 28.1 Å². The van der Waals surface area contributed by atoms with E-state index in [0.717, 1.165) is 21.5 Å². The number of ether oxygens (including phenoxy) is 1. The van der Waals surface area contributed by atoms with Gasteiger partial charge in [-0.05, 0) is 42.0 Å². The molecule has 0 atom stereocenters. The maximum atomic E-state index is 11.8. The molecule has 2 aromatic carbocycles. The number of benzene rings is 2. The Hall–Kier alpha value is -2.01. The summed E-state index contributed by atoms with van der Waals surface area (Å²) in [5, 5.41) is 6.12. The van der Waals surface area contributed by atoms with Gasteiger partial charge in [-0.2, -0.15) is 0 Å². The van der Waals surface area contributed by atoms with E-state index in [0.29, 0.717) is 19.5 Å². The lowest BCUT2D eigenvalue weighted by atomic mass is 10.2. The van der Waals surface area contributed by atoms with Gasteiger partial charge in [0.2, 0.25) is 5.91 Å². The van der Waals surface area contributed by atoms with Crippen LogP contribution in [0.25, 0.3) is 0 Å². The first-order chi connectivity index (χ1) is 10.7. The highest BCUT2D eigenvalue weighted by molar-refractivity contribution is 9.10. The minimum atomic E-state index is 0.0282. The van der Waals surface area contributed by atoms with Crippen molar-refractivity contribution in [2.24, 2.45) is 0 Å². The summed E-state index contributed by atoms with van der Waals surface area (Å²) in [4.78, 5) is 11.8. The van der Waals surface area contributed by atoms with Gasteiger partial charge in [0.15, 0.2) is 0 Å². The van der Waals surface area contributed by atoms with Gasteiger partial charge in [-0.3, -0.25) is 4.79 Å². The second kappa shape index (κ2) is 8.44. The molecule has 4 nitrogen and oxygen atoms in total. The molecular weight excluding hydrogens is 344 g/mol. The van der Waals surface area contributed by atoms with Crippen LogP contribution in [0, 0.1) is 0 Å². The van der Waals surface area contributed by atoms with Crippen LogP contribution in [0.3, 0.4) is 0 Å². The third kappa shape index (κ3) is 5.41. The summed E-state index contributed by atoms with van der Waals surface area (Å²) in [6.07, 6.45) is 0.437. The van der Waals surface area contributed by atoms with E-state index >= 15 is 0 Å². The van der Waals surface area contributed by atoms with Gasteiger partial charge < -0.3 is 15.4 Å². The largest absolute Gasteiger partial charge is 0.497 e. The van der Waals surface area contributed by atoms with Crippen LogP contribution in [0.4, 0.5) is 5.69 Å². The van der Waals surface area contributed by atoms with Crippen molar-refractivity contribution in [3.63, 3.8) is 0 Å². The van der Waals surface area contributed by atoms with Crippen molar-refractivity contribution in [2.45, 2.75) is 13.0 Å². The molecule has 2 rings (SSSR count). The molecule has 0 aliphatic heterocycles. The summed E-state index contributed by atoms with van der Waals surface area (Å²) >= 11 is 3.39. The highest BCUT2D eigenvalue weighted by Crippen LogP contribution is 2.14. The number of nitrogens with one attached hydrogen (secondary N) is 2. The molecule has 0 heterocycles. The van der Waals surface area contributed by atoms with Crippen molar-refractivity contribution in [3.05, 3.63) is 58.6 Å². The third-order valence-electron chi connectivity index (χ3n) is 3.17. The predicted octanol–water partition coefficient (Wildman–Crippen LogP) is 3.58. The van der Waals surface area contributed by atoms with Gasteiger partial charge >= 0.3 is 0 Å². The number of halogens is 1. The molecule has 116 valence electrons. The predicted molar refractivity (Wildman–Crippen MR) is 92.1 cm³/mol. The molecule has 0 unspecified atom stereocenters. The van der Waals surface area contributed by atoms with Gasteiger partial charge in [-0.25, -0.2) is 0 Å². The van der Waals surface area contributed by atoms with Crippen LogP contribution in [0.5, 0.6) is 5.75 Å². The molecule has 0 aliphatic rings. The lowest BCUT2D eigenvalue weighted by Crippen LogP contribution is -2.24. The first-order valence-electron chi connectivity index (χ1n) is 7.06. The Balaban J connectivity index is 1.68. The molecule has 2 aromatic rings. The minimum Gasteiger partial charge on any atom is -0.497 e. The smallest absolute Gasteiger partial charge is 0.222 e. The van der Waals surface area contributed by atoms with Gasteiger partial charge in [0.1, 0.15) is 5.75 Å². The standard InChI is InChI=1S/C17H19BrN2O2/c1-22-16-8-2-13(3-9-16)12-20-17(21)10-11-19-15-6-4-14(18)5-7-15/h2-9,19H,10-12H2,1H3,(H,20,21).